The number of hydrogen-bond donors (Lipinski definition) is 1. The quantitative estimate of drug-likeness (QED) is 0.334. The zero-order chi connectivity index (χ0) is 14.1. The van der Waals surface area contributed by atoms with Crippen molar-refractivity contribution in [1.29, 1.82) is 0 Å². The molecule has 0 aromatic carbocycles. The molecule has 1 atom stereocenters. The molecule has 1 aromatic heterocycles. The highest BCUT2D eigenvalue weighted by atomic mass is 16.5. The number of pyridine rings is 1. The lowest BCUT2D eigenvalue weighted by atomic mass is 10.3. The summed E-state index contributed by atoms with van der Waals surface area (Å²) < 4.78 is 10.7. The van der Waals surface area contributed by atoms with Crippen LogP contribution in [0.3, 0.4) is 0 Å². The van der Waals surface area contributed by atoms with E-state index in [0.29, 0.717) is 23.7 Å². The first kappa shape index (κ1) is 14.9. The molecule has 0 bridgehead atoms. The van der Waals surface area contributed by atoms with Crippen molar-refractivity contribution in [2.24, 2.45) is 0 Å². The first-order valence-corrected chi connectivity index (χ1v) is 5.84. The minimum absolute atomic E-state index is 0.393. The van der Waals surface area contributed by atoms with Crippen LogP contribution in [0.2, 0.25) is 0 Å². The third-order valence-corrected chi connectivity index (χ3v) is 2.33. The van der Waals surface area contributed by atoms with Crippen LogP contribution in [0.1, 0.15) is 6.92 Å². The number of aldehydes is 1. The van der Waals surface area contributed by atoms with Gasteiger partial charge in [0.2, 0.25) is 5.88 Å². The minimum Gasteiger partial charge on any atom is -0.497 e. The van der Waals surface area contributed by atoms with E-state index in [1.807, 2.05) is 0 Å². The Kier molecular flexibility index (Phi) is 6.32. The van der Waals surface area contributed by atoms with Gasteiger partial charge in [0, 0.05) is 18.8 Å². The number of nitrogens with zero attached hydrogens (tertiary/aromatic N) is 1. The molecule has 5 heteroatoms. The number of carbonyl (C=O) groups is 1. The second kappa shape index (κ2) is 8.05. The summed E-state index contributed by atoms with van der Waals surface area (Å²) in [5.74, 6) is 1.11. The Bertz CT molecular complexity index is 458. The van der Waals surface area contributed by atoms with Gasteiger partial charge in [-0.25, -0.2) is 4.98 Å². The van der Waals surface area contributed by atoms with Gasteiger partial charge in [0.15, 0.2) is 6.23 Å². The second-order valence-corrected chi connectivity index (χ2v) is 3.78. The van der Waals surface area contributed by atoms with E-state index in [0.717, 1.165) is 6.29 Å². The summed E-state index contributed by atoms with van der Waals surface area (Å²) in [5.41, 5.74) is 0.662. The van der Waals surface area contributed by atoms with E-state index in [1.54, 1.807) is 44.5 Å². The van der Waals surface area contributed by atoms with Crippen LogP contribution in [0.4, 0.5) is 0 Å². The summed E-state index contributed by atoms with van der Waals surface area (Å²) in [4.78, 5) is 14.5. The Hall–Kier alpha value is -2.14. The summed E-state index contributed by atoms with van der Waals surface area (Å²) in [7, 11) is 1.58. The molecule has 0 fully saturated rings. The molecule has 5 nitrogen and oxygen atoms in total. The predicted molar refractivity (Wildman–Crippen MR) is 73.2 cm³/mol. The lowest BCUT2D eigenvalue weighted by Gasteiger charge is -2.15. The zero-order valence-electron chi connectivity index (χ0n) is 11.1. The molecule has 0 saturated heterocycles. The van der Waals surface area contributed by atoms with E-state index in [4.69, 9.17) is 9.47 Å². The van der Waals surface area contributed by atoms with E-state index >= 15 is 0 Å². The zero-order valence-corrected chi connectivity index (χ0v) is 11.1. The summed E-state index contributed by atoms with van der Waals surface area (Å²) in [5, 5.41) is 3.06. The number of nitrogens with one attached hydrogen (secondary N) is 1. The molecular formula is C14H18N2O3. The molecule has 0 amide bonds. The molecule has 0 aliphatic heterocycles. The fourth-order valence-electron chi connectivity index (χ4n) is 1.27. The second-order valence-electron chi connectivity index (χ2n) is 3.78. The molecule has 102 valence electrons. The number of hydrogen-bond acceptors (Lipinski definition) is 5. The largest absolute Gasteiger partial charge is 0.497 e. The van der Waals surface area contributed by atoms with Crippen LogP contribution < -0.4 is 14.8 Å². The number of rotatable bonds is 8. The van der Waals surface area contributed by atoms with Crippen LogP contribution in [0.5, 0.6) is 11.6 Å². The van der Waals surface area contributed by atoms with E-state index in [2.05, 4.69) is 16.9 Å². The topological polar surface area (TPSA) is 60.5 Å². The maximum Gasteiger partial charge on any atom is 0.218 e. The Morgan fingerprint density at radius 2 is 2.42 bits per heavy atom. The Balaban J connectivity index is 2.56. The highest BCUT2D eigenvalue weighted by molar-refractivity contribution is 5.72. The van der Waals surface area contributed by atoms with Gasteiger partial charge in [0.25, 0.3) is 0 Å². The van der Waals surface area contributed by atoms with Gasteiger partial charge in [-0.05, 0) is 24.6 Å². The lowest BCUT2D eigenvalue weighted by molar-refractivity contribution is -0.104. The van der Waals surface area contributed by atoms with Crippen LogP contribution in [0.25, 0.3) is 0 Å². The fraction of sp³-hybridized carbons (Fsp3) is 0.286. The molecule has 1 N–H and O–H groups in total. The summed E-state index contributed by atoms with van der Waals surface area (Å²) >= 11 is 0. The number of carbonyl (C=O) groups excluding carboxylic acids is 1. The Morgan fingerprint density at radius 1 is 1.63 bits per heavy atom. The van der Waals surface area contributed by atoms with Gasteiger partial charge in [-0.1, -0.05) is 12.7 Å². The van der Waals surface area contributed by atoms with Gasteiger partial charge in [0.1, 0.15) is 12.0 Å². The van der Waals surface area contributed by atoms with Crippen LogP contribution in [-0.4, -0.2) is 31.2 Å². The number of allylic oxidation sites excluding steroid dienone is 1. The Morgan fingerprint density at radius 3 is 3.05 bits per heavy atom. The predicted octanol–water partition coefficient (Wildman–Crippen LogP) is 1.72. The summed E-state index contributed by atoms with van der Waals surface area (Å²) in [6.07, 6.45) is 5.40. The third-order valence-electron chi connectivity index (χ3n) is 2.33. The molecule has 0 spiro atoms. The van der Waals surface area contributed by atoms with Crippen molar-refractivity contribution < 1.29 is 14.3 Å². The number of ether oxygens (including phenoxy) is 2. The highest BCUT2D eigenvalue weighted by Gasteiger charge is 2.06. The van der Waals surface area contributed by atoms with E-state index in [9.17, 15) is 4.79 Å². The minimum atomic E-state index is -0.393. The molecule has 0 radical (unpaired) electrons. The molecule has 1 unspecified atom stereocenters. The standard InChI is InChI=1S/C14H18N2O3/c1-4-13(15-7-5-11(2)10-17)19-14-9-12(18-3)6-8-16-14/h4-6,8-10,13,15H,1,7H2,2-3H3/b11-5+. The van der Waals surface area contributed by atoms with Gasteiger partial charge < -0.3 is 9.47 Å². The normalized spacial score (nSPS) is 12.6. The van der Waals surface area contributed by atoms with Crippen LogP contribution in [0, 0.1) is 0 Å². The van der Waals surface area contributed by atoms with Gasteiger partial charge >= 0.3 is 0 Å². The number of aromatic nitrogens is 1. The third kappa shape index (κ3) is 5.35. The summed E-state index contributed by atoms with van der Waals surface area (Å²) in [6.45, 7) is 5.92. The highest BCUT2D eigenvalue weighted by Crippen LogP contribution is 2.16. The number of methoxy groups -OCH3 is 1. The van der Waals surface area contributed by atoms with E-state index in [-0.39, 0.29) is 0 Å². The first-order chi connectivity index (χ1) is 9.19. The summed E-state index contributed by atoms with van der Waals surface area (Å²) in [6, 6.07) is 3.42. The van der Waals surface area contributed by atoms with Gasteiger partial charge in [-0.3, -0.25) is 10.1 Å². The Labute approximate surface area is 112 Å². The molecule has 1 rings (SSSR count). The van der Waals surface area contributed by atoms with E-state index in [1.165, 1.54) is 0 Å². The molecule has 1 aromatic rings. The van der Waals surface area contributed by atoms with Crippen LogP contribution in [0.15, 0.2) is 42.6 Å². The van der Waals surface area contributed by atoms with Crippen molar-refractivity contribution in [2.45, 2.75) is 13.2 Å². The molecule has 0 aliphatic rings. The van der Waals surface area contributed by atoms with Crippen LogP contribution in [-0.2, 0) is 4.79 Å². The molecule has 0 aliphatic carbocycles. The maximum atomic E-state index is 10.4. The van der Waals surface area contributed by atoms with Crippen molar-refractivity contribution in [3.05, 3.63) is 42.6 Å². The molecule has 1 heterocycles. The van der Waals surface area contributed by atoms with Gasteiger partial charge in [0.05, 0.1) is 7.11 Å². The van der Waals surface area contributed by atoms with E-state index < -0.39 is 6.23 Å². The molecule has 0 saturated carbocycles. The van der Waals surface area contributed by atoms with Crippen molar-refractivity contribution in [3.8, 4) is 11.6 Å². The van der Waals surface area contributed by atoms with Gasteiger partial charge in [-0.2, -0.15) is 0 Å². The van der Waals surface area contributed by atoms with Crippen molar-refractivity contribution >= 4 is 6.29 Å². The lowest BCUT2D eigenvalue weighted by Crippen LogP contribution is -2.32. The molecular weight excluding hydrogens is 244 g/mol. The molecule has 19 heavy (non-hydrogen) atoms. The SMILES string of the molecule is C=CC(NC/C=C(\C)C=O)Oc1cc(OC)ccn1. The average molecular weight is 262 g/mol. The van der Waals surface area contributed by atoms with Crippen molar-refractivity contribution in [3.63, 3.8) is 0 Å². The van der Waals surface area contributed by atoms with Crippen molar-refractivity contribution in [2.75, 3.05) is 13.7 Å². The van der Waals surface area contributed by atoms with Crippen LogP contribution >= 0.6 is 0 Å². The van der Waals surface area contributed by atoms with Gasteiger partial charge in [-0.15, -0.1) is 0 Å². The average Bonchev–Trinajstić information content (AvgIpc) is 2.46. The maximum absolute atomic E-state index is 10.4. The fourth-order valence-corrected chi connectivity index (χ4v) is 1.27. The monoisotopic (exact) mass is 262 g/mol. The first-order valence-electron chi connectivity index (χ1n) is 5.84. The van der Waals surface area contributed by atoms with Crippen molar-refractivity contribution in [1.82, 2.24) is 10.3 Å². The smallest absolute Gasteiger partial charge is 0.218 e.